The molecule has 0 aliphatic rings. The van der Waals surface area contributed by atoms with E-state index in [1.165, 1.54) is 20.1 Å². The van der Waals surface area contributed by atoms with Gasteiger partial charge in [0, 0.05) is 23.5 Å². The van der Waals surface area contributed by atoms with Crippen molar-refractivity contribution in [2.24, 2.45) is 0 Å². The molecule has 0 spiro atoms. The molecule has 1 aromatic heterocycles. The molecule has 1 heterocycles. The molecule has 0 aliphatic heterocycles. The molecule has 1 aromatic carbocycles. The number of benzene rings is 1. The van der Waals surface area contributed by atoms with E-state index in [0.29, 0.717) is 11.1 Å². The van der Waals surface area contributed by atoms with E-state index in [1.54, 1.807) is 23.0 Å². The molecule has 2 rings (SSSR count). The highest BCUT2D eigenvalue weighted by Gasteiger charge is 2.21. The zero-order chi connectivity index (χ0) is 18.4. The molecule has 0 fully saturated rings. The lowest BCUT2D eigenvalue weighted by atomic mass is 9.96. The van der Waals surface area contributed by atoms with Crippen LogP contribution in [0.15, 0.2) is 24.4 Å². The monoisotopic (exact) mass is 335 g/mol. The Hall–Kier alpha value is -2.37. The van der Waals surface area contributed by atoms with Crippen molar-refractivity contribution >= 4 is 11.7 Å². The van der Waals surface area contributed by atoms with Crippen molar-refractivity contribution in [3.8, 4) is 11.3 Å². The molecule has 0 saturated carbocycles. The average molecular weight is 335 g/mol. The number of carbonyl (C=O) groups excluding carboxylic acids is 1. The van der Waals surface area contributed by atoms with Gasteiger partial charge in [0.05, 0.1) is 18.4 Å². The second-order valence-corrected chi connectivity index (χ2v) is 5.39. The van der Waals surface area contributed by atoms with Gasteiger partial charge in [-0.2, -0.15) is 5.10 Å². The van der Waals surface area contributed by atoms with Gasteiger partial charge in [0.1, 0.15) is 6.17 Å². The Morgan fingerprint density at radius 3 is 2.42 bits per heavy atom. The van der Waals surface area contributed by atoms with Crippen LogP contribution >= 0.6 is 0 Å². The van der Waals surface area contributed by atoms with Gasteiger partial charge in [-0.05, 0) is 44.5 Å². The summed E-state index contributed by atoms with van der Waals surface area (Å²) in [5.41, 5.74) is 8.04. The second-order valence-electron chi connectivity index (χ2n) is 5.39. The number of hydrogen-bond donors (Lipinski definition) is 1. The Labute approximate surface area is 142 Å². The number of halogens is 1. The summed E-state index contributed by atoms with van der Waals surface area (Å²) < 4.78 is 20.5. The smallest absolute Gasteiger partial charge is 0.339 e. The minimum atomic E-state index is -1.22. The van der Waals surface area contributed by atoms with Crippen molar-refractivity contribution in [1.29, 1.82) is 0 Å². The van der Waals surface area contributed by atoms with Crippen molar-refractivity contribution in [3.63, 3.8) is 0 Å². The predicted molar refractivity (Wildman–Crippen MR) is 94.7 cm³/mol. The van der Waals surface area contributed by atoms with Crippen LogP contribution in [0.3, 0.4) is 0 Å². The van der Waals surface area contributed by atoms with Gasteiger partial charge < -0.3 is 10.5 Å². The number of nitrogens with zero attached hydrogens (tertiary/aromatic N) is 2. The zero-order valence-electron chi connectivity index (χ0n) is 15.1. The molecule has 0 radical (unpaired) electrons. The average Bonchev–Trinajstić information content (AvgIpc) is 3.05. The lowest BCUT2D eigenvalue weighted by Crippen LogP contribution is -2.10. The molecule has 0 aliphatic carbocycles. The highest BCUT2D eigenvalue weighted by Crippen LogP contribution is 2.34. The van der Waals surface area contributed by atoms with Crippen LogP contribution in [0.1, 0.15) is 62.8 Å². The Kier molecular flexibility index (Phi) is 6.95. The van der Waals surface area contributed by atoms with Gasteiger partial charge in [0.25, 0.3) is 0 Å². The minimum Gasteiger partial charge on any atom is -0.465 e. The predicted octanol–water partition coefficient (Wildman–Crippen LogP) is 4.56. The van der Waals surface area contributed by atoms with E-state index in [1.807, 2.05) is 27.7 Å². The highest BCUT2D eigenvalue weighted by molar-refractivity contribution is 5.97. The number of ether oxygens (including phenoxy) is 1. The second kappa shape index (κ2) is 8.47. The van der Waals surface area contributed by atoms with Gasteiger partial charge in [0.2, 0.25) is 0 Å². The van der Waals surface area contributed by atoms with Gasteiger partial charge in [0.15, 0.2) is 0 Å². The largest absolute Gasteiger partial charge is 0.465 e. The van der Waals surface area contributed by atoms with Crippen LogP contribution in [-0.4, -0.2) is 22.9 Å². The van der Waals surface area contributed by atoms with Crippen LogP contribution in [0.4, 0.5) is 10.1 Å². The molecule has 24 heavy (non-hydrogen) atoms. The Morgan fingerprint density at radius 1 is 1.29 bits per heavy atom. The van der Waals surface area contributed by atoms with E-state index >= 15 is 0 Å². The minimum absolute atomic E-state index is 0.104. The van der Waals surface area contributed by atoms with Crippen LogP contribution in [0.25, 0.3) is 11.3 Å². The van der Waals surface area contributed by atoms with Crippen molar-refractivity contribution in [1.82, 2.24) is 9.78 Å². The first-order valence-corrected chi connectivity index (χ1v) is 8.06. The van der Waals surface area contributed by atoms with Crippen LogP contribution in [0.2, 0.25) is 0 Å². The number of hydrogen-bond acceptors (Lipinski definition) is 4. The number of methoxy groups -OCH3 is 1. The lowest BCUT2D eigenvalue weighted by molar-refractivity contribution is 0.0602. The summed E-state index contributed by atoms with van der Waals surface area (Å²) in [6.45, 7) is 9.40. The Bertz CT molecular complexity index is 694. The maximum atomic E-state index is 14.0. The number of alkyl halides is 1. The zero-order valence-corrected chi connectivity index (χ0v) is 15.1. The molecule has 132 valence electrons. The lowest BCUT2D eigenvalue weighted by Gasteiger charge is -2.17. The summed E-state index contributed by atoms with van der Waals surface area (Å²) in [5.74, 6) is -0.549. The number of nitrogens with two attached hydrogens (primary N) is 1. The first-order valence-electron chi connectivity index (χ1n) is 8.06. The fourth-order valence-electron chi connectivity index (χ4n) is 2.41. The summed E-state index contributed by atoms with van der Waals surface area (Å²) in [6, 6.07) is 4.96. The summed E-state index contributed by atoms with van der Waals surface area (Å²) >= 11 is 0. The van der Waals surface area contributed by atoms with E-state index in [2.05, 4.69) is 5.10 Å². The maximum Gasteiger partial charge on any atom is 0.339 e. The first-order chi connectivity index (χ1) is 11.4. The number of rotatable bonds is 4. The molecule has 0 bridgehead atoms. The number of esters is 1. The normalized spacial score (nSPS) is 11.7. The van der Waals surface area contributed by atoms with Crippen molar-refractivity contribution in [2.75, 3.05) is 12.8 Å². The van der Waals surface area contributed by atoms with Gasteiger partial charge in [-0.15, -0.1) is 0 Å². The summed E-state index contributed by atoms with van der Waals surface area (Å²) in [5, 5.41) is 4.26. The first kappa shape index (κ1) is 19.7. The van der Waals surface area contributed by atoms with E-state index < -0.39 is 12.1 Å². The van der Waals surface area contributed by atoms with Gasteiger partial charge >= 0.3 is 5.97 Å². The van der Waals surface area contributed by atoms with Gasteiger partial charge in [-0.25, -0.2) is 9.18 Å². The molecular formula is C18H26FN3O2. The van der Waals surface area contributed by atoms with Crippen LogP contribution in [0, 0.1) is 0 Å². The molecule has 1 atom stereocenters. The van der Waals surface area contributed by atoms with Crippen molar-refractivity contribution in [3.05, 3.63) is 35.5 Å². The van der Waals surface area contributed by atoms with Crippen molar-refractivity contribution < 1.29 is 13.9 Å². The van der Waals surface area contributed by atoms with E-state index in [4.69, 9.17) is 10.5 Å². The topological polar surface area (TPSA) is 70.1 Å². The molecule has 1 unspecified atom stereocenters. The third kappa shape index (κ3) is 3.93. The number of aromatic nitrogens is 2. The maximum absolute atomic E-state index is 14.0. The third-order valence-corrected chi connectivity index (χ3v) is 3.49. The van der Waals surface area contributed by atoms with Crippen LogP contribution in [-0.2, 0) is 4.74 Å². The van der Waals surface area contributed by atoms with Crippen LogP contribution in [0.5, 0.6) is 0 Å². The van der Waals surface area contributed by atoms with E-state index in [9.17, 15) is 9.18 Å². The van der Waals surface area contributed by atoms with Crippen molar-refractivity contribution in [2.45, 2.75) is 46.8 Å². The Morgan fingerprint density at radius 2 is 1.92 bits per heavy atom. The summed E-state index contributed by atoms with van der Waals surface area (Å²) in [7, 11) is 1.28. The fraction of sp³-hybridized carbons (Fsp3) is 0.444. The third-order valence-electron chi connectivity index (χ3n) is 3.49. The summed E-state index contributed by atoms with van der Waals surface area (Å²) in [4.78, 5) is 11.8. The quantitative estimate of drug-likeness (QED) is 0.657. The van der Waals surface area contributed by atoms with E-state index in [-0.39, 0.29) is 17.3 Å². The summed E-state index contributed by atoms with van der Waals surface area (Å²) in [6.07, 6.45) is 0.426. The van der Waals surface area contributed by atoms with Gasteiger partial charge in [-0.1, -0.05) is 13.8 Å². The van der Waals surface area contributed by atoms with E-state index in [0.717, 1.165) is 5.69 Å². The molecule has 2 N–H and O–H groups in total. The molecule has 2 aromatic rings. The standard InChI is InChI=1S/C16H20FN3O2.C2H6/c1-9(2)20-15(5-6-19-20)12-7-13(16(21)22-4)14(18)8-11(12)10(3)17;1-2/h5-10H,18H2,1-4H3;1-2H3. The highest BCUT2D eigenvalue weighted by atomic mass is 19.1. The SMILES string of the molecule is CC.COC(=O)c1cc(-c2ccnn2C(C)C)c(C(C)F)cc1N. The molecule has 0 amide bonds. The molecular weight excluding hydrogens is 309 g/mol. The Balaban J connectivity index is 0.00000139. The number of anilines is 1. The van der Waals surface area contributed by atoms with Gasteiger partial charge in [-0.3, -0.25) is 4.68 Å². The molecule has 6 heteroatoms. The number of carbonyl (C=O) groups is 1. The van der Waals surface area contributed by atoms with Crippen LogP contribution < -0.4 is 5.73 Å². The molecule has 0 saturated heterocycles. The number of nitrogen functional groups attached to an aromatic ring is 1. The molecule has 5 nitrogen and oxygen atoms in total. The fourth-order valence-corrected chi connectivity index (χ4v) is 2.41.